The Labute approximate surface area is 218 Å². The highest BCUT2D eigenvalue weighted by molar-refractivity contribution is 5.87. The van der Waals surface area contributed by atoms with Crippen molar-refractivity contribution in [1.82, 2.24) is 0 Å². The number of hydrogen-bond acceptors (Lipinski definition) is 12. The summed E-state index contributed by atoms with van der Waals surface area (Å²) >= 11 is 0. The van der Waals surface area contributed by atoms with Crippen molar-refractivity contribution >= 4 is 34.8 Å². The maximum Gasteiger partial charge on any atom is 0.311 e. The van der Waals surface area contributed by atoms with E-state index in [-0.39, 0.29) is 35.5 Å². The highest BCUT2D eigenvalue weighted by atomic mass is 16.7. The van der Waals surface area contributed by atoms with Gasteiger partial charge in [-0.25, -0.2) is 0 Å². The average Bonchev–Trinajstić information content (AvgIpc) is 3.12. The first kappa shape index (κ1) is 28.6. The van der Waals surface area contributed by atoms with E-state index in [1.165, 1.54) is 31.4 Å². The Bertz CT molecular complexity index is 1230. The molecule has 2 aromatic rings. The molecule has 0 aliphatic carbocycles. The van der Waals surface area contributed by atoms with Gasteiger partial charge in [0.15, 0.2) is 11.5 Å². The van der Waals surface area contributed by atoms with Crippen LogP contribution in [-0.2, 0) is 38.1 Å². The van der Waals surface area contributed by atoms with Gasteiger partial charge < -0.3 is 32.8 Å². The predicted octanol–water partition coefficient (Wildman–Crippen LogP) is 2.81. The highest BCUT2D eigenvalue weighted by Crippen LogP contribution is 2.34. The molecule has 1 aliphatic rings. The largest absolute Gasteiger partial charge is 0.464 e. The molecule has 38 heavy (non-hydrogen) atoms. The van der Waals surface area contributed by atoms with Gasteiger partial charge in [0.2, 0.25) is 12.4 Å². The lowest BCUT2D eigenvalue weighted by Gasteiger charge is -2.23. The molecule has 1 saturated heterocycles. The van der Waals surface area contributed by atoms with E-state index in [9.17, 15) is 24.0 Å². The minimum atomic E-state index is -1.33. The Morgan fingerprint density at radius 1 is 0.947 bits per heavy atom. The summed E-state index contributed by atoms with van der Waals surface area (Å²) in [6, 6.07) is 3.88. The summed E-state index contributed by atoms with van der Waals surface area (Å²) in [4.78, 5) is 59.9. The van der Waals surface area contributed by atoms with E-state index in [2.05, 4.69) is 0 Å². The van der Waals surface area contributed by atoms with Gasteiger partial charge in [-0.3, -0.25) is 24.0 Å². The molecule has 0 unspecified atom stereocenters. The number of rotatable bonds is 11. The summed E-state index contributed by atoms with van der Waals surface area (Å²) in [5.41, 5.74) is -0.359. The zero-order valence-electron chi connectivity index (χ0n) is 21.6. The van der Waals surface area contributed by atoms with Crippen LogP contribution in [0.3, 0.4) is 0 Å². The number of benzene rings is 1. The van der Waals surface area contributed by atoms with Crippen LogP contribution in [-0.4, -0.2) is 55.1 Å². The molecule has 0 N–H and O–H groups in total. The number of esters is 4. The van der Waals surface area contributed by atoms with E-state index in [1.54, 1.807) is 0 Å². The molecule has 2 heterocycles. The Morgan fingerprint density at radius 3 is 2.32 bits per heavy atom. The summed E-state index contributed by atoms with van der Waals surface area (Å²) in [6.07, 6.45) is -1.03. The zero-order chi connectivity index (χ0) is 27.8. The number of carbonyl (C=O) groups excluding carboxylic acids is 4. The number of carbonyl (C=O) groups is 4. The Hall–Kier alpha value is -3.93. The quantitative estimate of drug-likeness (QED) is 0.180. The van der Waals surface area contributed by atoms with Gasteiger partial charge in [0.1, 0.15) is 35.2 Å². The number of ether oxygens (including phenoxy) is 6. The SMILES string of the molecule is CCCCCC(=O)Oc1cc(O[C@H]2O[C@H](COC(C)=O)[C@@H](OC(C)=O)[C@@H]2OC(C)=O)cc2occc(=O)c12. The van der Waals surface area contributed by atoms with Crippen molar-refractivity contribution in [3.05, 3.63) is 34.7 Å². The predicted molar refractivity (Wildman–Crippen MR) is 129 cm³/mol. The van der Waals surface area contributed by atoms with Crippen molar-refractivity contribution in [1.29, 1.82) is 0 Å². The van der Waals surface area contributed by atoms with E-state index in [0.29, 0.717) is 6.42 Å². The van der Waals surface area contributed by atoms with Gasteiger partial charge in [-0.05, 0) is 6.42 Å². The third-order valence-electron chi connectivity index (χ3n) is 5.48. The van der Waals surface area contributed by atoms with Gasteiger partial charge in [0.05, 0.1) is 6.26 Å². The number of fused-ring (bicyclic) bond motifs is 1. The molecule has 0 spiro atoms. The fourth-order valence-corrected chi connectivity index (χ4v) is 3.90. The van der Waals surface area contributed by atoms with Gasteiger partial charge >= 0.3 is 23.9 Å². The van der Waals surface area contributed by atoms with Crippen molar-refractivity contribution in [3.63, 3.8) is 0 Å². The van der Waals surface area contributed by atoms with Crippen LogP contribution >= 0.6 is 0 Å². The maximum absolute atomic E-state index is 12.5. The maximum atomic E-state index is 12.5. The molecule has 12 nitrogen and oxygen atoms in total. The van der Waals surface area contributed by atoms with Crippen LogP contribution in [0.25, 0.3) is 11.0 Å². The fourth-order valence-electron chi connectivity index (χ4n) is 3.90. The monoisotopic (exact) mass is 534 g/mol. The van der Waals surface area contributed by atoms with Crippen LogP contribution in [0.2, 0.25) is 0 Å². The Kier molecular flexibility index (Phi) is 9.83. The standard InChI is InChI=1S/C26H30O12/c1-5-6-7-8-22(31)37-20-12-17(11-19-23(20)18(30)9-10-32-19)36-26-25(35-16(4)29)24(34-15(3)28)21(38-26)13-33-14(2)27/h9-12,21,24-26H,5-8,13H2,1-4H3/t21-,24-,25+,26+/m1/s1. The summed E-state index contributed by atoms with van der Waals surface area (Å²) in [6.45, 7) is 5.21. The van der Waals surface area contributed by atoms with Gasteiger partial charge in [0.25, 0.3) is 0 Å². The number of hydrogen-bond donors (Lipinski definition) is 0. The third kappa shape index (κ3) is 7.54. The lowest BCUT2D eigenvalue weighted by atomic mass is 10.1. The lowest BCUT2D eigenvalue weighted by molar-refractivity contribution is -0.170. The molecule has 4 atom stereocenters. The first-order valence-electron chi connectivity index (χ1n) is 12.1. The van der Waals surface area contributed by atoms with Gasteiger partial charge in [0, 0.05) is 45.4 Å². The minimum absolute atomic E-state index is 0.0399. The molecule has 3 rings (SSSR count). The van der Waals surface area contributed by atoms with Crippen molar-refractivity contribution in [2.75, 3.05) is 6.61 Å². The first-order chi connectivity index (χ1) is 18.1. The van der Waals surface area contributed by atoms with Crippen molar-refractivity contribution in [3.8, 4) is 11.5 Å². The molecule has 1 aromatic carbocycles. The molecule has 1 aromatic heterocycles. The molecule has 206 valence electrons. The second kappa shape index (κ2) is 13.0. The first-order valence-corrected chi connectivity index (χ1v) is 12.1. The lowest BCUT2D eigenvalue weighted by Crippen LogP contribution is -2.42. The molecule has 1 fully saturated rings. The number of unbranched alkanes of at least 4 members (excludes halogenated alkanes) is 2. The Morgan fingerprint density at radius 2 is 1.66 bits per heavy atom. The molecular weight excluding hydrogens is 504 g/mol. The Balaban J connectivity index is 1.94. The second-order valence-corrected chi connectivity index (χ2v) is 8.62. The molecule has 1 aliphatic heterocycles. The zero-order valence-corrected chi connectivity index (χ0v) is 21.6. The topological polar surface area (TPSA) is 154 Å². The van der Waals surface area contributed by atoms with Crippen LogP contribution < -0.4 is 14.9 Å². The summed E-state index contributed by atoms with van der Waals surface area (Å²) in [5.74, 6) is -2.56. The molecule has 0 saturated carbocycles. The van der Waals surface area contributed by atoms with E-state index in [4.69, 9.17) is 32.8 Å². The average molecular weight is 535 g/mol. The van der Waals surface area contributed by atoms with Gasteiger partial charge in [-0.1, -0.05) is 19.8 Å². The van der Waals surface area contributed by atoms with Crippen molar-refractivity contribution in [2.45, 2.75) is 78.0 Å². The van der Waals surface area contributed by atoms with Crippen LogP contribution in [0.4, 0.5) is 0 Å². The van der Waals surface area contributed by atoms with Crippen LogP contribution in [0, 0.1) is 0 Å². The summed E-state index contributed by atoms with van der Waals surface area (Å²) in [7, 11) is 0. The molecule has 12 heteroatoms. The van der Waals surface area contributed by atoms with Crippen molar-refractivity contribution < 1.29 is 52.0 Å². The minimum Gasteiger partial charge on any atom is -0.464 e. The van der Waals surface area contributed by atoms with E-state index >= 15 is 0 Å². The summed E-state index contributed by atoms with van der Waals surface area (Å²) < 4.78 is 38.3. The van der Waals surface area contributed by atoms with Gasteiger partial charge in [-0.2, -0.15) is 0 Å². The van der Waals surface area contributed by atoms with Crippen LogP contribution in [0.5, 0.6) is 11.5 Å². The molecule has 0 amide bonds. The highest BCUT2D eigenvalue weighted by Gasteiger charge is 2.51. The van der Waals surface area contributed by atoms with Crippen LogP contribution in [0.15, 0.2) is 33.7 Å². The molecular formula is C26H30O12. The molecule has 0 radical (unpaired) electrons. The summed E-state index contributed by atoms with van der Waals surface area (Å²) in [5, 5.41) is 0.0399. The normalized spacial score (nSPS) is 20.5. The smallest absolute Gasteiger partial charge is 0.311 e. The molecule has 0 bridgehead atoms. The second-order valence-electron chi connectivity index (χ2n) is 8.62. The van der Waals surface area contributed by atoms with Crippen LogP contribution in [0.1, 0.15) is 53.4 Å². The van der Waals surface area contributed by atoms with Crippen molar-refractivity contribution in [2.24, 2.45) is 0 Å². The fraction of sp³-hybridized carbons (Fsp3) is 0.500. The van der Waals surface area contributed by atoms with E-state index in [0.717, 1.165) is 26.7 Å². The third-order valence-corrected chi connectivity index (χ3v) is 5.48. The van der Waals surface area contributed by atoms with E-state index in [1.807, 2.05) is 6.92 Å². The van der Waals surface area contributed by atoms with Gasteiger partial charge in [-0.15, -0.1) is 0 Å². The van der Waals surface area contributed by atoms with E-state index < -0.39 is 53.9 Å².